The van der Waals surface area contributed by atoms with E-state index in [9.17, 15) is 0 Å². The van der Waals surface area contributed by atoms with Crippen LogP contribution in [0, 0.1) is 0 Å². The lowest BCUT2D eigenvalue weighted by molar-refractivity contribution is 1.47. The van der Waals surface area contributed by atoms with E-state index in [-0.39, 0.29) is 0 Å². The van der Waals surface area contributed by atoms with Crippen molar-refractivity contribution in [3.8, 4) is 0 Å². The number of thioether (sulfide) groups is 2. The smallest absolute Gasteiger partial charge is 0.103 e. The van der Waals surface area contributed by atoms with Crippen LogP contribution in [-0.4, -0.2) is 5.04 Å². The van der Waals surface area contributed by atoms with Crippen molar-refractivity contribution in [1.29, 1.82) is 0 Å². The maximum atomic E-state index is 4.95. The van der Waals surface area contributed by atoms with Gasteiger partial charge in [-0.25, -0.2) is 4.99 Å². The Balaban J connectivity index is 1.76. The minimum Gasteiger partial charge on any atom is -0.242 e. The summed E-state index contributed by atoms with van der Waals surface area (Å²) in [6.45, 7) is 0. The third-order valence-electron chi connectivity index (χ3n) is 4.25. The molecule has 0 aliphatic rings. The minimum absolute atomic E-state index is 0.948. The van der Waals surface area contributed by atoms with Gasteiger partial charge in [-0.3, -0.25) is 0 Å². The van der Waals surface area contributed by atoms with Gasteiger partial charge in [0.1, 0.15) is 5.04 Å². The zero-order valence-electron chi connectivity index (χ0n) is 16.4. The molecular formula is C27H21NS2. The Morgan fingerprint density at radius 1 is 0.533 bits per heavy atom. The molecule has 0 bridgehead atoms. The van der Waals surface area contributed by atoms with Gasteiger partial charge >= 0.3 is 0 Å². The number of hydrogen-bond acceptors (Lipinski definition) is 3. The molecule has 0 fully saturated rings. The second-order valence-corrected chi connectivity index (χ2v) is 8.70. The highest BCUT2D eigenvalue weighted by Gasteiger charge is 2.08. The molecule has 4 aromatic rings. The van der Waals surface area contributed by atoms with Crippen molar-refractivity contribution in [2.24, 2.45) is 4.99 Å². The number of para-hydroxylation sites is 1. The molecule has 4 aromatic carbocycles. The lowest BCUT2D eigenvalue weighted by Crippen LogP contribution is -1.90. The fourth-order valence-corrected chi connectivity index (χ4v) is 4.73. The zero-order valence-corrected chi connectivity index (χ0v) is 18.0. The van der Waals surface area contributed by atoms with E-state index >= 15 is 0 Å². The van der Waals surface area contributed by atoms with Crippen molar-refractivity contribution in [2.45, 2.75) is 9.79 Å². The van der Waals surface area contributed by atoms with Gasteiger partial charge in [0, 0.05) is 14.7 Å². The molecule has 0 aliphatic carbocycles. The third kappa shape index (κ3) is 5.99. The first-order valence-corrected chi connectivity index (χ1v) is 11.4. The maximum absolute atomic E-state index is 4.95. The van der Waals surface area contributed by atoms with Crippen molar-refractivity contribution >= 4 is 39.2 Å². The number of aliphatic imine (C=N–C) groups is 1. The van der Waals surface area contributed by atoms with Crippen LogP contribution in [0.3, 0.4) is 0 Å². The minimum atomic E-state index is 0.948. The Hall–Kier alpha value is -3.01. The predicted octanol–water partition coefficient (Wildman–Crippen LogP) is 8.34. The molecule has 3 heteroatoms. The van der Waals surface area contributed by atoms with Crippen molar-refractivity contribution in [3.05, 3.63) is 133 Å². The molecule has 146 valence electrons. The highest BCUT2D eigenvalue weighted by Crippen LogP contribution is 2.36. The van der Waals surface area contributed by atoms with E-state index < -0.39 is 0 Å². The van der Waals surface area contributed by atoms with Gasteiger partial charge in [0.25, 0.3) is 0 Å². The van der Waals surface area contributed by atoms with Crippen LogP contribution in [0.4, 0.5) is 5.69 Å². The average molecular weight is 424 g/mol. The normalized spacial score (nSPS) is 12.0. The standard InChI is InChI=1S/C27H21NS2/c1-5-13-22(14-6-1)26(29-24-17-9-3-10-18-24)21-27(28-23-15-7-2-8-16-23)30-25-19-11-4-12-20-25/h1-21H/b26-21?,28-27+. The highest BCUT2D eigenvalue weighted by atomic mass is 32.2. The molecule has 0 N–H and O–H groups in total. The van der Waals surface area contributed by atoms with E-state index in [1.165, 1.54) is 20.3 Å². The molecule has 0 spiro atoms. The maximum Gasteiger partial charge on any atom is 0.103 e. The summed E-state index contributed by atoms with van der Waals surface area (Å²) in [5.41, 5.74) is 2.13. The number of rotatable bonds is 6. The summed E-state index contributed by atoms with van der Waals surface area (Å²) in [6.07, 6.45) is 2.19. The van der Waals surface area contributed by atoms with Crippen LogP contribution in [-0.2, 0) is 0 Å². The Bertz CT molecular complexity index is 1110. The Morgan fingerprint density at radius 3 is 1.57 bits per heavy atom. The molecule has 0 radical (unpaired) electrons. The number of hydrogen-bond donors (Lipinski definition) is 0. The third-order valence-corrected chi connectivity index (χ3v) is 6.25. The van der Waals surface area contributed by atoms with Crippen LogP contribution >= 0.6 is 23.5 Å². The van der Waals surface area contributed by atoms with Crippen LogP contribution < -0.4 is 0 Å². The molecule has 0 amide bonds. The largest absolute Gasteiger partial charge is 0.242 e. The quantitative estimate of drug-likeness (QED) is 0.175. The summed E-state index contributed by atoms with van der Waals surface area (Å²) in [7, 11) is 0. The molecule has 0 saturated carbocycles. The molecule has 0 aromatic heterocycles. The first kappa shape index (κ1) is 20.3. The average Bonchev–Trinajstić information content (AvgIpc) is 2.81. The van der Waals surface area contributed by atoms with Crippen LogP contribution in [0.2, 0.25) is 0 Å². The molecular weight excluding hydrogens is 402 g/mol. The lowest BCUT2D eigenvalue weighted by Gasteiger charge is -2.10. The Labute approximate surface area is 186 Å². The van der Waals surface area contributed by atoms with Crippen molar-refractivity contribution in [2.75, 3.05) is 0 Å². The summed E-state index contributed by atoms with van der Waals surface area (Å²) < 4.78 is 0. The van der Waals surface area contributed by atoms with Crippen LogP contribution in [0.5, 0.6) is 0 Å². The summed E-state index contributed by atoms with van der Waals surface area (Å²) in [6, 6.07) is 41.5. The predicted molar refractivity (Wildman–Crippen MR) is 133 cm³/mol. The van der Waals surface area contributed by atoms with Crippen LogP contribution in [0.25, 0.3) is 4.91 Å². The van der Waals surface area contributed by atoms with Gasteiger partial charge in [0.2, 0.25) is 0 Å². The molecule has 0 unspecified atom stereocenters. The van der Waals surface area contributed by atoms with Crippen LogP contribution in [0.1, 0.15) is 5.56 Å². The summed E-state index contributed by atoms with van der Waals surface area (Å²) in [4.78, 5) is 8.49. The van der Waals surface area contributed by atoms with Gasteiger partial charge in [0.15, 0.2) is 0 Å². The highest BCUT2D eigenvalue weighted by molar-refractivity contribution is 8.14. The first-order valence-electron chi connectivity index (χ1n) is 9.73. The molecule has 0 atom stereocenters. The number of benzene rings is 4. The van der Waals surface area contributed by atoms with Gasteiger partial charge in [-0.05, 0) is 48.0 Å². The van der Waals surface area contributed by atoms with Crippen molar-refractivity contribution in [3.63, 3.8) is 0 Å². The Morgan fingerprint density at radius 2 is 1.00 bits per heavy atom. The summed E-state index contributed by atoms with van der Waals surface area (Å²) >= 11 is 3.44. The molecule has 4 rings (SSSR count). The molecule has 30 heavy (non-hydrogen) atoms. The zero-order chi connectivity index (χ0) is 20.4. The number of nitrogens with zero attached hydrogens (tertiary/aromatic N) is 1. The van der Waals surface area contributed by atoms with Gasteiger partial charge < -0.3 is 0 Å². The fourth-order valence-electron chi connectivity index (χ4n) is 2.83. The molecule has 1 nitrogen and oxygen atoms in total. The summed E-state index contributed by atoms with van der Waals surface area (Å²) in [5, 5.41) is 0.953. The van der Waals surface area contributed by atoms with E-state index in [1.807, 2.05) is 48.5 Å². The first-order chi connectivity index (χ1) is 14.9. The fraction of sp³-hybridized carbons (Fsp3) is 0. The van der Waals surface area contributed by atoms with Gasteiger partial charge in [0.05, 0.1) is 5.69 Å². The van der Waals surface area contributed by atoms with Gasteiger partial charge in [-0.15, -0.1) is 0 Å². The monoisotopic (exact) mass is 423 g/mol. The molecule has 0 heterocycles. The van der Waals surface area contributed by atoms with Crippen molar-refractivity contribution < 1.29 is 0 Å². The lowest BCUT2D eigenvalue weighted by atomic mass is 10.2. The van der Waals surface area contributed by atoms with Crippen LogP contribution in [0.15, 0.2) is 142 Å². The second kappa shape index (κ2) is 10.7. The van der Waals surface area contributed by atoms with E-state index in [2.05, 4.69) is 78.9 Å². The van der Waals surface area contributed by atoms with Crippen molar-refractivity contribution in [1.82, 2.24) is 0 Å². The topological polar surface area (TPSA) is 12.4 Å². The summed E-state index contributed by atoms with van der Waals surface area (Å²) in [5.74, 6) is 0. The molecule has 0 aliphatic heterocycles. The SMILES string of the molecule is C(=C(Sc1ccccc1)c1ccccc1)/C(=N\c1ccccc1)Sc1ccccc1. The van der Waals surface area contributed by atoms with E-state index in [0.717, 1.165) is 10.7 Å². The molecule has 0 saturated heterocycles. The van der Waals surface area contributed by atoms with E-state index in [4.69, 9.17) is 4.99 Å². The van der Waals surface area contributed by atoms with Gasteiger partial charge in [-0.2, -0.15) is 0 Å². The Kier molecular flexibility index (Phi) is 7.21. The van der Waals surface area contributed by atoms with E-state index in [1.54, 1.807) is 23.5 Å². The second-order valence-electron chi connectivity index (χ2n) is 6.49. The van der Waals surface area contributed by atoms with Gasteiger partial charge in [-0.1, -0.05) is 108 Å². The van der Waals surface area contributed by atoms with E-state index in [0.29, 0.717) is 0 Å².